The molecule has 0 unspecified atom stereocenters. The number of carbonyl (C=O) groups excluding carboxylic acids is 1. The summed E-state index contributed by atoms with van der Waals surface area (Å²) in [7, 11) is 0. The van der Waals surface area contributed by atoms with Crippen LogP contribution in [0.4, 0.5) is 10.8 Å². The molecule has 0 spiro atoms. The third-order valence-corrected chi connectivity index (χ3v) is 2.96. The van der Waals surface area contributed by atoms with E-state index < -0.39 is 5.91 Å². The van der Waals surface area contributed by atoms with Crippen molar-refractivity contribution < 1.29 is 4.79 Å². The van der Waals surface area contributed by atoms with Crippen LogP contribution in [0.3, 0.4) is 0 Å². The van der Waals surface area contributed by atoms with Gasteiger partial charge in [0.1, 0.15) is 10.6 Å². The molecular weight excluding hydrogens is 238 g/mol. The number of carbonyl (C=O) groups is 1. The summed E-state index contributed by atoms with van der Waals surface area (Å²) >= 11 is 1.12. The maximum Gasteiger partial charge on any atom is 0.255 e. The van der Waals surface area contributed by atoms with Crippen molar-refractivity contribution in [3.8, 4) is 0 Å². The van der Waals surface area contributed by atoms with Crippen molar-refractivity contribution in [2.45, 2.75) is 6.54 Å². The molecule has 7 heteroatoms. The van der Waals surface area contributed by atoms with E-state index in [0.717, 1.165) is 17.1 Å². The van der Waals surface area contributed by atoms with E-state index in [1.54, 1.807) is 12.4 Å². The number of rotatable bonds is 4. The Morgan fingerprint density at radius 2 is 2.35 bits per heavy atom. The van der Waals surface area contributed by atoms with E-state index in [9.17, 15) is 4.79 Å². The summed E-state index contributed by atoms with van der Waals surface area (Å²) in [5.41, 5.74) is 12.0. The van der Waals surface area contributed by atoms with Gasteiger partial charge < -0.3 is 16.8 Å². The molecule has 1 amide bonds. The number of nitrogen functional groups attached to an aromatic ring is 1. The van der Waals surface area contributed by atoms with Gasteiger partial charge in [0.25, 0.3) is 5.91 Å². The first kappa shape index (κ1) is 11.3. The largest absolute Gasteiger partial charge is 0.382 e. The van der Waals surface area contributed by atoms with Crippen LogP contribution in [0.1, 0.15) is 15.9 Å². The van der Waals surface area contributed by atoms with Crippen LogP contribution in [0.25, 0.3) is 0 Å². The Kier molecular flexibility index (Phi) is 3.20. The highest BCUT2D eigenvalue weighted by atomic mass is 32.1. The molecule has 2 aromatic rings. The Morgan fingerprint density at radius 1 is 1.53 bits per heavy atom. The first-order valence-electron chi connectivity index (χ1n) is 4.86. The quantitative estimate of drug-likeness (QED) is 0.744. The summed E-state index contributed by atoms with van der Waals surface area (Å²) in [4.78, 5) is 15.2. The first-order valence-corrected chi connectivity index (χ1v) is 5.63. The van der Waals surface area contributed by atoms with Crippen molar-refractivity contribution in [3.63, 3.8) is 0 Å². The molecule has 0 atom stereocenters. The monoisotopic (exact) mass is 249 g/mol. The minimum Gasteiger partial charge on any atom is -0.382 e. The highest BCUT2D eigenvalue weighted by Crippen LogP contribution is 2.26. The Labute approximate surface area is 102 Å². The third-order valence-electron chi connectivity index (χ3n) is 2.14. The smallest absolute Gasteiger partial charge is 0.255 e. The zero-order valence-corrected chi connectivity index (χ0v) is 9.70. The molecule has 5 N–H and O–H groups in total. The lowest BCUT2D eigenvalue weighted by molar-refractivity contribution is 0.100. The van der Waals surface area contributed by atoms with Gasteiger partial charge >= 0.3 is 0 Å². The van der Waals surface area contributed by atoms with E-state index in [0.29, 0.717) is 11.5 Å². The SMILES string of the molecule is NC(=O)c1c(N)nsc1NCc1cccnc1. The minimum atomic E-state index is -0.579. The molecule has 88 valence electrons. The minimum absolute atomic E-state index is 0.163. The molecule has 17 heavy (non-hydrogen) atoms. The van der Waals surface area contributed by atoms with Crippen molar-refractivity contribution in [1.29, 1.82) is 0 Å². The highest BCUT2D eigenvalue weighted by molar-refractivity contribution is 7.11. The molecule has 0 aliphatic carbocycles. The zero-order valence-electron chi connectivity index (χ0n) is 8.88. The lowest BCUT2D eigenvalue weighted by Crippen LogP contribution is -2.14. The third kappa shape index (κ3) is 2.51. The molecule has 0 fully saturated rings. The number of amides is 1. The lowest BCUT2D eigenvalue weighted by Gasteiger charge is -2.04. The number of hydrogen-bond donors (Lipinski definition) is 3. The maximum atomic E-state index is 11.2. The molecule has 0 aliphatic heterocycles. The summed E-state index contributed by atoms with van der Waals surface area (Å²) in [6.45, 7) is 0.537. The van der Waals surface area contributed by atoms with Gasteiger partial charge in [-0.15, -0.1) is 0 Å². The summed E-state index contributed by atoms with van der Waals surface area (Å²) in [6, 6.07) is 3.77. The topological polar surface area (TPSA) is 107 Å². The van der Waals surface area contributed by atoms with Crippen LogP contribution < -0.4 is 16.8 Å². The predicted octanol–water partition coefficient (Wildman–Crippen LogP) is 0.831. The number of nitrogens with two attached hydrogens (primary N) is 2. The fourth-order valence-electron chi connectivity index (χ4n) is 1.35. The second kappa shape index (κ2) is 4.79. The van der Waals surface area contributed by atoms with E-state index in [1.807, 2.05) is 12.1 Å². The van der Waals surface area contributed by atoms with Gasteiger partial charge in [0.05, 0.1) is 0 Å². The van der Waals surface area contributed by atoms with Crippen LogP contribution in [0.5, 0.6) is 0 Å². The van der Waals surface area contributed by atoms with Crippen LogP contribution in [0.2, 0.25) is 0 Å². The average Bonchev–Trinajstić information content (AvgIpc) is 2.69. The first-order chi connectivity index (χ1) is 8.18. The van der Waals surface area contributed by atoms with Crippen molar-refractivity contribution >= 4 is 28.3 Å². The van der Waals surface area contributed by atoms with Gasteiger partial charge in [-0.3, -0.25) is 9.78 Å². The summed E-state index contributed by atoms with van der Waals surface area (Å²) < 4.78 is 3.89. The van der Waals surface area contributed by atoms with Crippen LogP contribution in [0.15, 0.2) is 24.5 Å². The average molecular weight is 249 g/mol. The van der Waals surface area contributed by atoms with E-state index in [1.165, 1.54) is 0 Å². The van der Waals surface area contributed by atoms with Gasteiger partial charge in [-0.1, -0.05) is 6.07 Å². The molecule has 0 radical (unpaired) electrons. The fraction of sp³-hybridized carbons (Fsp3) is 0.100. The maximum absolute atomic E-state index is 11.2. The van der Waals surface area contributed by atoms with Crippen molar-refractivity contribution in [1.82, 2.24) is 9.36 Å². The molecule has 2 rings (SSSR count). The van der Waals surface area contributed by atoms with Gasteiger partial charge in [-0.25, -0.2) is 0 Å². The highest BCUT2D eigenvalue weighted by Gasteiger charge is 2.16. The van der Waals surface area contributed by atoms with Crippen molar-refractivity contribution in [2.24, 2.45) is 5.73 Å². The number of nitrogens with one attached hydrogen (secondary N) is 1. The Balaban J connectivity index is 2.12. The molecule has 6 nitrogen and oxygen atoms in total. The number of pyridine rings is 1. The van der Waals surface area contributed by atoms with E-state index in [2.05, 4.69) is 14.7 Å². The molecule has 0 saturated heterocycles. The van der Waals surface area contributed by atoms with E-state index >= 15 is 0 Å². The summed E-state index contributed by atoms with van der Waals surface area (Å²) in [5, 5.41) is 3.65. The molecule has 2 heterocycles. The van der Waals surface area contributed by atoms with Gasteiger partial charge in [0, 0.05) is 18.9 Å². The fourth-order valence-corrected chi connectivity index (χ4v) is 2.06. The Hall–Kier alpha value is -2.15. The van der Waals surface area contributed by atoms with E-state index in [-0.39, 0.29) is 11.4 Å². The normalized spacial score (nSPS) is 10.1. The van der Waals surface area contributed by atoms with Crippen molar-refractivity contribution in [2.75, 3.05) is 11.1 Å². The summed E-state index contributed by atoms with van der Waals surface area (Å²) in [6.07, 6.45) is 3.43. The second-order valence-corrected chi connectivity index (χ2v) is 4.12. The molecule has 0 bridgehead atoms. The van der Waals surface area contributed by atoms with Gasteiger partial charge in [0.15, 0.2) is 5.82 Å². The summed E-state index contributed by atoms with van der Waals surface area (Å²) in [5.74, 6) is -0.416. The van der Waals surface area contributed by atoms with Crippen LogP contribution in [-0.2, 0) is 6.54 Å². The molecule has 2 aromatic heterocycles. The number of primary amides is 1. The van der Waals surface area contributed by atoms with E-state index in [4.69, 9.17) is 11.5 Å². The Morgan fingerprint density at radius 3 is 3.00 bits per heavy atom. The standard InChI is InChI=1S/C10H11N5OS/c11-8-7(9(12)16)10(17-15-8)14-5-6-2-1-3-13-4-6/h1-4,14H,5H2,(H2,11,15)(H2,12,16). The number of nitrogens with zero attached hydrogens (tertiary/aromatic N) is 2. The molecule has 0 aromatic carbocycles. The second-order valence-electron chi connectivity index (χ2n) is 3.35. The Bertz CT molecular complexity index is 525. The van der Waals surface area contributed by atoms with Gasteiger partial charge in [0.2, 0.25) is 0 Å². The van der Waals surface area contributed by atoms with Crippen LogP contribution >= 0.6 is 11.5 Å². The van der Waals surface area contributed by atoms with Crippen LogP contribution in [-0.4, -0.2) is 15.3 Å². The molecular formula is C10H11N5OS. The zero-order chi connectivity index (χ0) is 12.3. The predicted molar refractivity (Wildman–Crippen MR) is 66.6 cm³/mol. The van der Waals surface area contributed by atoms with Gasteiger partial charge in [-0.05, 0) is 23.2 Å². The number of hydrogen-bond acceptors (Lipinski definition) is 6. The molecule has 0 saturated carbocycles. The van der Waals surface area contributed by atoms with Crippen molar-refractivity contribution in [3.05, 3.63) is 35.7 Å². The van der Waals surface area contributed by atoms with Gasteiger partial charge in [-0.2, -0.15) is 4.37 Å². The number of aromatic nitrogens is 2. The lowest BCUT2D eigenvalue weighted by atomic mass is 10.2. The molecule has 0 aliphatic rings. The number of anilines is 2. The van der Waals surface area contributed by atoms with Crippen LogP contribution in [0, 0.1) is 0 Å².